The van der Waals surface area contributed by atoms with Crippen LogP contribution in [0.2, 0.25) is 0 Å². The number of rotatable bonds is 6. The van der Waals surface area contributed by atoms with Crippen molar-refractivity contribution in [3.05, 3.63) is 0 Å². The second-order valence-electron chi connectivity index (χ2n) is 8.14. The van der Waals surface area contributed by atoms with E-state index in [1.807, 2.05) is 26.0 Å². The molecule has 150 valence electrons. The van der Waals surface area contributed by atoms with Gasteiger partial charge in [-0.05, 0) is 69.9 Å². The maximum atomic E-state index is 5.66. The molecule has 26 heavy (non-hydrogen) atoms. The zero-order valence-electron chi connectivity index (χ0n) is 16.1. The molecular formula is C18H35N5O2S. The number of nitrogens with zero attached hydrogens (tertiary/aromatic N) is 1. The molecule has 1 aliphatic carbocycles. The highest BCUT2D eigenvalue weighted by atomic mass is 32.2. The highest BCUT2D eigenvalue weighted by Crippen LogP contribution is 2.37. The van der Waals surface area contributed by atoms with E-state index in [0.29, 0.717) is 23.0 Å². The maximum Gasteiger partial charge on any atom is 0.136 e. The van der Waals surface area contributed by atoms with E-state index in [-0.39, 0.29) is 12.2 Å². The fraction of sp³-hybridized carbons (Fsp3) is 1.00. The molecule has 4 aliphatic rings. The summed E-state index contributed by atoms with van der Waals surface area (Å²) in [6, 6.07) is 0. The van der Waals surface area contributed by atoms with E-state index < -0.39 is 0 Å². The van der Waals surface area contributed by atoms with Crippen molar-refractivity contribution < 1.29 is 9.47 Å². The number of ether oxygens (including phenoxy) is 2. The smallest absolute Gasteiger partial charge is 0.136 e. The van der Waals surface area contributed by atoms with Crippen molar-refractivity contribution in [2.75, 3.05) is 27.3 Å². The van der Waals surface area contributed by atoms with E-state index >= 15 is 0 Å². The summed E-state index contributed by atoms with van der Waals surface area (Å²) >= 11 is 2.02. The Bertz CT molecular complexity index is 453. The van der Waals surface area contributed by atoms with Crippen molar-refractivity contribution in [2.45, 2.75) is 74.2 Å². The minimum Gasteiger partial charge on any atom is -0.379 e. The second-order valence-corrected chi connectivity index (χ2v) is 9.43. The predicted molar refractivity (Wildman–Crippen MR) is 104 cm³/mol. The summed E-state index contributed by atoms with van der Waals surface area (Å²) in [4.78, 5) is 0. The third-order valence-electron chi connectivity index (χ3n) is 6.61. The van der Waals surface area contributed by atoms with Crippen LogP contribution in [0.1, 0.15) is 44.9 Å². The van der Waals surface area contributed by atoms with Crippen LogP contribution in [0.4, 0.5) is 0 Å². The van der Waals surface area contributed by atoms with Crippen LogP contribution in [-0.4, -0.2) is 61.6 Å². The molecule has 0 radical (unpaired) electrons. The second kappa shape index (κ2) is 9.05. The Morgan fingerprint density at radius 1 is 0.962 bits per heavy atom. The van der Waals surface area contributed by atoms with E-state index in [1.54, 1.807) is 0 Å². The molecule has 3 heterocycles. The highest BCUT2D eigenvalue weighted by Gasteiger charge is 2.44. The van der Waals surface area contributed by atoms with E-state index in [4.69, 9.17) is 9.47 Å². The molecular weight excluding hydrogens is 350 g/mol. The summed E-state index contributed by atoms with van der Waals surface area (Å²) in [5.74, 6) is 1.47. The summed E-state index contributed by atoms with van der Waals surface area (Å²) < 4.78 is 11.2. The Labute approximate surface area is 161 Å². The van der Waals surface area contributed by atoms with Gasteiger partial charge < -0.3 is 14.8 Å². The van der Waals surface area contributed by atoms with Gasteiger partial charge in [0.05, 0.1) is 23.7 Å². The normalized spacial score (nSPS) is 42.2. The topological polar surface area (TPSA) is 69.8 Å². The predicted octanol–water partition coefficient (Wildman–Crippen LogP) is 1.19. The monoisotopic (exact) mass is 385 g/mol. The molecule has 7 nitrogen and oxygen atoms in total. The van der Waals surface area contributed by atoms with Gasteiger partial charge in [-0.25, -0.2) is 16.3 Å². The van der Waals surface area contributed by atoms with Crippen LogP contribution < -0.4 is 21.6 Å². The number of thioether (sulfide) groups is 1. The lowest BCUT2D eigenvalue weighted by atomic mass is 9.82. The molecule has 0 spiro atoms. The van der Waals surface area contributed by atoms with Crippen molar-refractivity contribution in [3.63, 3.8) is 0 Å². The van der Waals surface area contributed by atoms with Crippen LogP contribution in [0, 0.1) is 11.8 Å². The van der Waals surface area contributed by atoms with Gasteiger partial charge in [0, 0.05) is 14.2 Å². The minimum absolute atomic E-state index is 0.265. The Kier molecular flexibility index (Phi) is 6.75. The number of nitrogens with one attached hydrogen (secondary N) is 4. The Morgan fingerprint density at radius 2 is 1.77 bits per heavy atom. The molecule has 3 saturated heterocycles. The van der Waals surface area contributed by atoms with Crippen LogP contribution in [0.3, 0.4) is 0 Å². The molecule has 4 rings (SSSR count). The van der Waals surface area contributed by atoms with Crippen LogP contribution in [0.5, 0.6) is 0 Å². The molecule has 8 heteroatoms. The van der Waals surface area contributed by atoms with Crippen LogP contribution >= 0.6 is 11.8 Å². The van der Waals surface area contributed by atoms with Gasteiger partial charge >= 0.3 is 0 Å². The average molecular weight is 386 g/mol. The standard InChI is InChI=1S/C18H35N5O2S/c1-24-14-5-3-12(11-15(14)25-2)4-6-16-22-23-17(20-21-18(23)26-16)13-7-9-19-10-8-13/h12-22H,3-11H2,1-2H3. The molecule has 6 unspecified atom stereocenters. The summed E-state index contributed by atoms with van der Waals surface area (Å²) in [5, 5.41) is 6.42. The number of hydrogen-bond donors (Lipinski definition) is 4. The maximum absolute atomic E-state index is 5.66. The third-order valence-corrected chi connectivity index (χ3v) is 7.88. The zero-order chi connectivity index (χ0) is 17.9. The molecule has 0 bridgehead atoms. The van der Waals surface area contributed by atoms with E-state index in [9.17, 15) is 0 Å². The average Bonchev–Trinajstić information content (AvgIpc) is 3.27. The van der Waals surface area contributed by atoms with Gasteiger partial charge in [0.25, 0.3) is 0 Å². The summed E-state index contributed by atoms with van der Waals surface area (Å²) in [7, 11) is 3.63. The van der Waals surface area contributed by atoms with Crippen molar-refractivity contribution >= 4 is 11.8 Å². The quantitative estimate of drug-likeness (QED) is 0.544. The summed E-state index contributed by atoms with van der Waals surface area (Å²) in [6.07, 6.45) is 9.48. The lowest BCUT2D eigenvalue weighted by Crippen LogP contribution is -2.51. The highest BCUT2D eigenvalue weighted by molar-refractivity contribution is 8.00. The van der Waals surface area contributed by atoms with E-state index in [1.165, 1.54) is 32.1 Å². The lowest BCUT2D eigenvalue weighted by Gasteiger charge is -2.35. The first-order chi connectivity index (χ1) is 12.8. The van der Waals surface area contributed by atoms with Gasteiger partial charge in [-0.15, -0.1) is 11.8 Å². The summed E-state index contributed by atoms with van der Waals surface area (Å²) in [6.45, 7) is 2.28. The first-order valence-corrected chi connectivity index (χ1v) is 11.2. The van der Waals surface area contributed by atoms with Gasteiger partial charge in [0.2, 0.25) is 0 Å². The molecule has 6 atom stereocenters. The fourth-order valence-corrected chi connectivity index (χ4v) is 6.26. The van der Waals surface area contributed by atoms with Crippen LogP contribution in [-0.2, 0) is 9.47 Å². The third kappa shape index (κ3) is 4.22. The van der Waals surface area contributed by atoms with E-state index in [2.05, 4.69) is 26.6 Å². The lowest BCUT2D eigenvalue weighted by molar-refractivity contribution is -0.0713. The number of fused-ring (bicyclic) bond motifs is 1. The van der Waals surface area contributed by atoms with E-state index in [0.717, 1.165) is 31.8 Å². The largest absolute Gasteiger partial charge is 0.379 e. The Hall–Kier alpha value is 0.0700. The fourth-order valence-electron chi connectivity index (χ4n) is 5.03. The summed E-state index contributed by atoms with van der Waals surface area (Å²) in [5.41, 5.74) is 11.1. The van der Waals surface area contributed by atoms with Crippen molar-refractivity contribution in [2.24, 2.45) is 11.8 Å². The molecule has 1 saturated carbocycles. The van der Waals surface area contributed by atoms with Gasteiger partial charge in [0.1, 0.15) is 5.50 Å². The molecule has 4 N–H and O–H groups in total. The SMILES string of the molecule is COC1CCC(CCC2NN3C(NNC3C3CCNCC3)S2)CC1OC. The zero-order valence-corrected chi connectivity index (χ0v) is 16.9. The number of hydrazine groups is 2. The van der Waals surface area contributed by atoms with Gasteiger partial charge in [-0.1, -0.05) is 0 Å². The Balaban J connectivity index is 1.23. The van der Waals surface area contributed by atoms with Crippen molar-refractivity contribution in [3.8, 4) is 0 Å². The van der Waals surface area contributed by atoms with Crippen molar-refractivity contribution in [1.82, 2.24) is 26.6 Å². The first kappa shape index (κ1) is 19.4. The Morgan fingerprint density at radius 3 is 2.54 bits per heavy atom. The number of methoxy groups -OCH3 is 2. The van der Waals surface area contributed by atoms with Crippen LogP contribution in [0.15, 0.2) is 0 Å². The van der Waals surface area contributed by atoms with Gasteiger partial charge in [-0.2, -0.15) is 5.01 Å². The molecule has 4 fully saturated rings. The van der Waals surface area contributed by atoms with Gasteiger partial charge in [0.15, 0.2) is 0 Å². The van der Waals surface area contributed by atoms with Gasteiger partial charge in [-0.3, -0.25) is 0 Å². The molecule has 0 aromatic heterocycles. The molecule has 0 aromatic rings. The van der Waals surface area contributed by atoms with Crippen LogP contribution in [0.25, 0.3) is 0 Å². The first-order valence-electron chi connectivity index (χ1n) is 10.3. The molecule has 3 aliphatic heterocycles. The minimum atomic E-state index is 0.265. The molecule has 0 amide bonds. The molecule has 0 aromatic carbocycles. The van der Waals surface area contributed by atoms with Crippen molar-refractivity contribution in [1.29, 1.82) is 0 Å². The number of piperidine rings is 1. The number of hydrogen-bond acceptors (Lipinski definition) is 8.